The first-order valence-electron chi connectivity index (χ1n) is 11.3. The van der Waals surface area contributed by atoms with Crippen LogP contribution >= 0.6 is 0 Å². The van der Waals surface area contributed by atoms with E-state index in [1.807, 2.05) is 31.3 Å². The summed E-state index contributed by atoms with van der Waals surface area (Å²) >= 11 is 0. The van der Waals surface area contributed by atoms with Crippen LogP contribution in [-0.2, 0) is 14.3 Å². The Kier molecular flexibility index (Phi) is 9.42. The van der Waals surface area contributed by atoms with Crippen molar-refractivity contribution in [3.05, 3.63) is 24.3 Å². The number of hydrogen-bond acceptors (Lipinski definition) is 5. The molecule has 2 fully saturated rings. The molecule has 1 unspecified atom stereocenters. The zero-order chi connectivity index (χ0) is 21.9. The highest BCUT2D eigenvalue weighted by Crippen LogP contribution is 2.18. The van der Waals surface area contributed by atoms with Crippen LogP contribution in [0.3, 0.4) is 0 Å². The Morgan fingerprint density at radius 3 is 2.81 bits per heavy atom. The first kappa shape index (κ1) is 23.3. The minimum Gasteiger partial charge on any atom is -0.492 e. The van der Waals surface area contributed by atoms with Gasteiger partial charge in [0, 0.05) is 45.4 Å². The molecule has 0 saturated carbocycles. The van der Waals surface area contributed by atoms with Crippen molar-refractivity contribution in [2.45, 2.75) is 51.2 Å². The van der Waals surface area contributed by atoms with E-state index in [0.717, 1.165) is 63.0 Å². The number of carbonyl (C=O) groups is 1. The van der Waals surface area contributed by atoms with Gasteiger partial charge < -0.3 is 29.7 Å². The second-order valence-electron chi connectivity index (χ2n) is 8.04. The Morgan fingerprint density at radius 1 is 1.26 bits per heavy atom. The second-order valence-corrected chi connectivity index (χ2v) is 8.04. The molecule has 2 heterocycles. The van der Waals surface area contributed by atoms with Gasteiger partial charge in [-0.05, 0) is 44.2 Å². The fourth-order valence-corrected chi connectivity index (χ4v) is 3.95. The smallest absolute Gasteiger partial charge is 0.221 e. The van der Waals surface area contributed by atoms with Gasteiger partial charge in [0.15, 0.2) is 5.96 Å². The van der Waals surface area contributed by atoms with Crippen LogP contribution in [0.15, 0.2) is 29.3 Å². The first-order chi connectivity index (χ1) is 15.1. The number of hydrogen-bond donors (Lipinski definition) is 2. The minimum absolute atomic E-state index is 0.0980. The van der Waals surface area contributed by atoms with E-state index < -0.39 is 0 Å². The summed E-state index contributed by atoms with van der Waals surface area (Å²) in [6.07, 6.45) is 6.13. The molecular formula is C23H36N4O4. The van der Waals surface area contributed by atoms with Crippen LogP contribution in [0.2, 0.25) is 0 Å². The maximum Gasteiger partial charge on any atom is 0.221 e. The van der Waals surface area contributed by atoms with Gasteiger partial charge >= 0.3 is 0 Å². The monoisotopic (exact) mass is 432 g/mol. The highest BCUT2D eigenvalue weighted by molar-refractivity contribution is 5.88. The molecule has 3 rings (SSSR count). The Hall–Kier alpha value is -2.32. The molecule has 2 N–H and O–H groups in total. The number of guanidine groups is 1. The fourth-order valence-electron chi connectivity index (χ4n) is 3.95. The third-order valence-electron chi connectivity index (χ3n) is 5.55. The Bertz CT molecular complexity index is 713. The summed E-state index contributed by atoms with van der Waals surface area (Å²) in [5, 5.41) is 6.13. The van der Waals surface area contributed by atoms with E-state index in [1.54, 1.807) is 0 Å². The lowest BCUT2D eigenvalue weighted by Gasteiger charge is -2.35. The maximum atomic E-state index is 11.2. The summed E-state index contributed by atoms with van der Waals surface area (Å²) < 4.78 is 17.7. The fraction of sp³-hybridized carbons (Fsp3) is 0.652. The number of ether oxygens (including phenoxy) is 3. The molecule has 0 spiro atoms. The van der Waals surface area contributed by atoms with E-state index in [0.29, 0.717) is 19.3 Å². The molecule has 8 heteroatoms. The van der Waals surface area contributed by atoms with Crippen LogP contribution < -0.4 is 15.4 Å². The van der Waals surface area contributed by atoms with Gasteiger partial charge in [-0.25, -0.2) is 0 Å². The summed E-state index contributed by atoms with van der Waals surface area (Å²) in [6, 6.07) is 7.39. The van der Waals surface area contributed by atoms with Gasteiger partial charge in [0.2, 0.25) is 5.91 Å². The number of nitrogens with one attached hydrogen (secondary N) is 2. The molecule has 31 heavy (non-hydrogen) atoms. The number of carbonyl (C=O) groups excluding carboxylic acids is 1. The molecule has 0 bridgehead atoms. The highest BCUT2D eigenvalue weighted by Gasteiger charge is 2.23. The van der Waals surface area contributed by atoms with Crippen LogP contribution in [0.25, 0.3) is 0 Å². The van der Waals surface area contributed by atoms with Gasteiger partial charge in [0.1, 0.15) is 12.4 Å². The van der Waals surface area contributed by atoms with Crippen molar-refractivity contribution >= 4 is 17.6 Å². The first-order valence-corrected chi connectivity index (χ1v) is 11.3. The molecular weight excluding hydrogens is 396 g/mol. The van der Waals surface area contributed by atoms with Gasteiger partial charge in [-0.3, -0.25) is 9.79 Å². The lowest BCUT2D eigenvalue weighted by molar-refractivity contribution is -0.114. The molecule has 0 aliphatic carbocycles. The number of nitrogens with zero attached hydrogens (tertiary/aromatic N) is 2. The molecule has 2 aliphatic rings. The molecule has 1 aromatic rings. The van der Waals surface area contributed by atoms with Gasteiger partial charge in [0.05, 0.1) is 25.4 Å². The average Bonchev–Trinajstić information content (AvgIpc) is 2.79. The number of amides is 1. The lowest BCUT2D eigenvalue weighted by Crippen LogP contribution is -2.48. The van der Waals surface area contributed by atoms with Crippen molar-refractivity contribution in [2.24, 2.45) is 4.99 Å². The second kappa shape index (κ2) is 12.5. The summed E-state index contributed by atoms with van der Waals surface area (Å²) in [4.78, 5) is 17.9. The number of likely N-dealkylation sites (tertiary alicyclic amines) is 1. The number of anilines is 1. The maximum absolute atomic E-state index is 11.2. The van der Waals surface area contributed by atoms with Gasteiger partial charge in [-0.15, -0.1) is 0 Å². The lowest BCUT2D eigenvalue weighted by atomic mass is 10.1. The van der Waals surface area contributed by atoms with Crippen molar-refractivity contribution in [1.29, 1.82) is 0 Å². The predicted octanol–water partition coefficient (Wildman–Crippen LogP) is 2.65. The van der Waals surface area contributed by atoms with E-state index in [1.165, 1.54) is 19.8 Å². The number of benzene rings is 1. The minimum atomic E-state index is -0.0980. The van der Waals surface area contributed by atoms with E-state index >= 15 is 0 Å². The number of aliphatic imine (C=N–C) groups is 1. The zero-order valence-electron chi connectivity index (χ0n) is 18.8. The highest BCUT2D eigenvalue weighted by atomic mass is 16.5. The van der Waals surface area contributed by atoms with Crippen molar-refractivity contribution in [3.8, 4) is 5.75 Å². The molecule has 1 amide bonds. The van der Waals surface area contributed by atoms with Crippen LogP contribution in [-0.4, -0.2) is 75.5 Å². The largest absolute Gasteiger partial charge is 0.492 e. The normalized spacial score (nSPS) is 20.4. The van der Waals surface area contributed by atoms with E-state index in [2.05, 4.69) is 20.5 Å². The van der Waals surface area contributed by atoms with Gasteiger partial charge in [0.25, 0.3) is 0 Å². The molecule has 0 aromatic heterocycles. The van der Waals surface area contributed by atoms with Gasteiger partial charge in [-0.2, -0.15) is 0 Å². The molecule has 2 aliphatic heterocycles. The summed E-state index contributed by atoms with van der Waals surface area (Å²) in [7, 11) is 1.81. The molecule has 1 aromatic carbocycles. The average molecular weight is 433 g/mol. The Balaban J connectivity index is 1.33. The topological polar surface area (TPSA) is 84.4 Å². The van der Waals surface area contributed by atoms with Crippen LogP contribution in [0.1, 0.15) is 39.0 Å². The van der Waals surface area contributed by atoms with E-state index in [4.69, 9.17) is 14.2 Å². The summed E-state index contributed by atoms with van der Waals surface area (Å²) in [6.45, 7) is 6.08. The zero-order valence-corrected chi connectivity index (χ0v) is 18.8. The molecule has 1 atom stereocenters. The van der Waals surface area contributed by atoms with E-state index in [9.17, 15) is 4.79 Å². The molecule has 172 valence electrons. The van der Waals surface area contributed by atoms with Crippen LogP contribution in [0.4, 0.5) is 5.69 Å². The van der Waals surface area contributed by atoms with Crippen molar-refractivity contribution in [1.82, 2.24) is 10.2 Å². The van der Waals surface area contributed by atoms with Crippen LogP contribution in [0, 0.1) is 0 Å². The third-order valence-corrected chi connectivity index (χ3v) is 5.55. The van der Waals surface area contributed by atoms with Gasteiger partial charge in [-0.1, -0.05) is 6.07 Å². The molecule has 8 nitrogen and oxygen atoms in total. The Labute approximate surface area is 185 Å². The Morgan fingerprint density at radius 2 is 2.10 bits per heavy atom. The summed E-state index contributed by atoms with van der Waals surface area (Å²) in [5.41, 5.74) is 0.730. The van der Waals surface area contributed by atoms with Crippen molar-refractivity contribution in [3.63, 3.8) is 0 Å². The third kappa shape index (κ3) is 8.03. The number of piperidine rings is 1. The molecule has 2 saturated heterocycles. The van der Waals surface area contributed by atoms with Crippen LogP contribution in [0.5, 0.6) is 5.75 Å². The number of rotatable bonds is 8. The van der Waals surface area contributed by atoms with Crippen molar-refractivity contribution < 1.29 is 19.0 Å². The van der Waals surface area contributed by atoms with Crippen molar-refractivity contribution in [2.75, 3.05) is 51.8 Å². The molecule has 0 radical (unpaired) electrons. The quantitative estimate of drug-likeness (QED) is 0.373. The predicted molar refractivity (Wildman–Crippen MR) is 122 cm³/mol. The standard InChI is InChI=1S/C23H36N4O4/c1-18(28)26-19-6-5-8-21(16-19)30-15-11-25-23(24-2)27-12-9-20(10-13-27)31-17-22-7-3-4-14-29-22/h5-6,8,16,20,22H,3-4,7,9-15,17H2,1-2H3,(H,24,25)(H,26,28). The van der Waals surface area contributed by atoms with E-state index in [-0.39, 0.29) is 12.0 Å². The SMILES string of the molecule is CN=C(NCCOc1cccc(NC(C)=O)c1)N1CCC(OCC2CCCCO2)CC1. The summed E-state index contributed by atoms with van der Waals surface area (Å²) in [5.74, 6) is 1.52.